The SMILES string of the molecule is CCOC(=O)C[C@@]12CC[C@@H]1CC(Cc1ccccc1)CC2=O. The van der Waals surface area contributed by atoms with Crippen molar-refractivity contribution < 1.29 is 14.3 Å². The summed E-state index contributed by atoms with van der Waals surface area (Å²) in [5, 5.41) is 0. The van der Waals surface area contributed by atoms with E-state index < -0.39 is 0 Å². The third-order valence-corrected chi connectivity index (χ3v) is 5.50. The van der Waals surface area contributed by atoms with E-state index in [-0.39, 0.29) is 11.4 Å². The molecule has 22 heavy (non-hydrogen) atoms. The van der Waals surface area contributed by atoms with Crippen LogP contribution in [0.25, 0.3) is 0 Å². The van der Waals surface area contributed by atoms with Gasteiger partial charge in [0.05, 0.1) is 13.0 Å². The third kappa shape index (κ3) is 2.81. The lowest BCUT2D eigenvalue weighted by Crippen LogP contribution is -2.53. The summed E-state index contributed by atoms with van der Waals surface area (Å²) in [6, 6.07) is 10.4. The van der Waals surface area contributed by atoms with Gasteiger partial charge in [0.1, 0.15) is 5.78 Å². The van der Waals surface area contributed by atoms with Crippen LogP contribution in [0.15, 0.2) is 30.3 Å². The van der Waals surface area contributed by atoms with Crippen molar-refractivity contribution in [3.05, 3.63) is 35.9 Å². The van der Waals surface area contributed by atoms with Gasteiger partial charge in [0.15, 0.2) is 0 Å². The second-order valence-corrected chi connectivity index (χ2v) is 6.79. The number of ketones is 1. The van der Waals surface area contributed by atoms with Gasteiger partial charge in [0.25, 0.3) is 0 Å². The maximum Gasteiger partial charge on any atom is 0.306 e. The number of carbonyl (C=O) groups excluding carboxylic acids is 2. The Kier molecular flexibility index (Phi) is 4.32. The van der Waals surface area contributed by atoms with Gasteiger partial charge in [-0.25, -0.2) is 0 Å². The van der Waals surface area contributed by atoms with Gasteiger partial charge in [0.2, 0.25) is 0 Å². The summed E-state index contributed by atoms with van der Waals surface area (Å²) in [6.45, 7) is 2.21. The number of carbonyl (C=O) groups is 2. The van der Waals surface area contributed by atoms with Crippen LogP contribution in [0.3, 0.4) is 0 Å². The first-order valence-electron chi connectivity index (χ1n) is 8.37. The standard InChI is InChI=1S/C19H24O3/c1-2-22-18(21)13-19-9-8-16(19)11-15(12-17(19)20)10-14-6-4-3-5-7-14/h3-7,15-16H,2,8-13H2,1H3/t15?,16-,19+/m1/s1. The van der Waals surface area contributed by atoms with Crippen LogP contribution in [0.4, 0.5) is 0 Å². The lowest BCUT2D eigenvalue weighted by Gasteiger charge is -2.53. The number of ether oxygens (including phenoxy) is 1. The second-order valence-electron chi connectivity index (χ2n) is 6.79. The monoisotopic (exact) mass is 300 g/mol. The zero-order valence-corrected chi connectivity index (χ0v) is 13.2. The second kappa shape index (κ2) is 6.23. The van der Waals surface area contributed by atoms with Crippen LogP contribution in [0.2, 0.25) is 0 Å². The normalized spacial score (nSPS) is 30.3. The van der Waals surface area contributed by atoms with E-state index in [4.69, 9.17) is 4.74 Å². The van der Waals surface area contributed by atoms with Gasteiger partial charge in [-0.15, -0.1) is 0 Å². The molecule has 0 heterocycles. The zero-order valence-electron chi connectivity index (χ0n) is 13.2. The van der Waals surface area contributed by atoms with Gasteiger partial charge < -0.3 is 4.74 Å². The molecule has 0 amide bonds. The molecule has 0 spiro atoms. The summed E-state index contributed by atoms with van der Waals surface area (Å²) in [7, 11) is 0. The molecule has 0 N–H and O–H groups in total. The molecule has 0 aromatic heterocycles. The quantitative estimate of drug-likeness (QED) is 0.781. The van der Waals surface area contributed by atoms with Crippen molar-refractivity contribution >= 4 is 11.8 Å². The number of rotatable bonds is 5. The Balaban J connectivity index is 1.65. The van der Waals surface area contributed by atoms with Crippen LogP contribution in [-0.4, -0.2) is 18.4 Å². The fourth-order valence-electron chi connectivity index (χ4n) is 4.26. The van der Waals surface area contributed by atoms with E-state index in [0.29, 0.717) is 37.1 Å². The molecular weight excluding hydrogens is 276 g/mol. The molecule has 3 heteroatoms. The van der Waals surface area contributed by atoms with Crippen LogP contribution in [0.1, 0.15) is 44.6 Å². The Morgan fingerprint density at radius 1 is 1.32 bits per heavy atom. The highest BCUT2D eigenvalue weighted by atomic mass is 16.5. The topological polar surface area (TPSA) is 43.4 Å². The number of benzene rings is 1. The first-order valence-corrected chi connectivity index (χ1v) is 8.37. The number of hydrogen-bond donors (Lipinski definition) is 0. The minimum atomic E-state index is -0.389. The van der Waals surface area contributed by atoms with Crippen LogP contribution in [0.5, 0.6) is 0 Å². The molecule has 2 aliphatic carbocycles. The van der Waals surface area contributed by atoms with Gasteiger partial charge in [-0.3, -0.25) is 9.59 Å². The Morgan fingerprint density at radius 3 is 2.68 bits per heavy atom. The van der Waals surface area contributed by atoms with Gasteiger partial charge in [-0.05, 0) is 50.0 Å². The van der Waals surface area contributed by atoms with Gasteiger partial charge >= 0.3 is 5.97 Å². The molecule has 2 fully saturated rings. The molecule has 3 nitrogen and oxygen atoms in total. The molecule has 0 bridgehead atoms. The summed E-state index contributed by atoms with van der Waals surface area (Å²) in [5.41, 5.74) is 0.914. The fraction of sp³-hybridized carbons (Fsp3) is 0.579. The molecule has 1 aromatic carbocycles. The van der Waals surface area contributed by atoms with E-state index >= 15 is 0 Å². The molecule has 0 radical (unpaired) electrons. The van der Waals surface area contributed by atoms with Crippen molar-refractivity contribution in [1.82, 2.24) is 0 Å². The van der Waals surface area contributed by atoms with E-state index in [1.807, 2.05) is 25.1 Å². The highest BCUT2D eigenvalue weighted by molar-refractivity contribution is 5.91. The largest absolute Gasteiger partial charge is 0.466 e. The third-order valence-electron chi connectivity index (χ3n) is 5.50. The lowest BCUT2D eigenvalue weighted by molar-refractivity contribution is -0.162. The number of hydrogen-bond acceptors (Lipinski definition) is 3. The molecule has 0 saturated heterocycles. The highest BCUT2D eigenvalue weighted by Gasteiger charge is 2.56. The predicted molar refractivity (Wildman–Crippen MR) is 84.3 cm³/mol. The summed E-state index contributed by atoms with van der Waals surface area (Å²) in [6.07, 6.45) is 4.90. The van der Waals surface area contributed by atoms with E-state index in [1.54, 1.807) is 0 Å². The molecule has 1 aromatic rings. The molecule has 1 unspecified atom stereocenters. The van der Waals surface area contributed by atoms with Crippen LogP contribution in [0, 0.1) is 17.3 Å². The molecule has 0 aliphatic heterocycles. The maximum absolute atomic E-state index is 12.7. The first kappa shape index (κ1) is 15.3. The summed E-state index contributed by atoms with van der Waals surface area (Å²) >= 11 is 0. The Bertz CT molecular complexity index is 551. The van der Waals surface area contributed by atoms with Crippen LogP contribution >= 0.6 is 0 Å². The number of esters is 1. The summed E-state index contributed by atoms with van der Waals surface area (Å²) < 4.78 is 5.07. The number of fused-ring (bicyclic) bond motifs is 1. The minimum Gasteiger partial charge on any atom is -0.466 e. The average Bonchev–Trinajstić information content (AvgIpc) is 2.49. The summed E-state index contributed by atoms with van der Waals surface area (Å²) in [5.74, 6) is 0.897. The van der Waals surface area contributed by atoms with E-state index in [2.05, 4.69) is 12.1 Å². The Labute approximate surface area is 132 Å². The van der Waals surface area contributed by atoms with Gasteiger partial charge in [-0.1, -0.05) is 30.3 Å². The van der Waals surface area contributed by atoms with E-state index in [9.17, 15) is 9.59 Å². The lowest BCUT2D eigenvalue weighted by atomic mass is 9.50. The number of Topliss-reactive ketones (excluding diaryl/α,β-unsaturated/α-hetero) is 1. The molecule has 2 saturated carbocycles. The highest BCUT2D eigenvalue weighted by Crippen LogP contribution is 2.57. The van der Waals surface area contributed by atoms with Crippen LogP contribution < -0.4 is 0 Å². The fourth-order valence-corrected chi connectivity index (χ4v) is 4.26. The minimum absolute atomic E-state index is 0.206. The Morgan fingerprint density at radius 2 is 2.09 bits per heavy atom. The van der Waals surface area contributed by atoms with Crippen molar-refractivity contribution in [2.24, 2.45) is 17.3 Å². The smallest absolute Gasteiger partial charge is 0.306 e. The van der Waals surface area contributed by atoms with Gasteiger partial charge in [0, 0.05) is 11.8 Å². The van der Waals surface area contributed by atoms with Gasteiger partial charge in [-0.2, -0.15) is 0 Å². The van der Waals surface area contributed by atoms with Crippen LogP contribution in [-0.2, 0) is 20.7 Å². The molecular formula is C19H24O3. The Hall–Kier alpha value is -1.64. The van der Waals surface area contributed by atoms with E-state index in [0.717, 1.165) is 25.7 Å². The van der Waals surface area contributed by atoms with Crippen molar-refractivity contribution in [2.75, 3.05) is 6.61 Å². The maximum atomic E-state index is 12.7. The predicted octanol–water partition coefficient (Wildman–Crippen LogP) is 3.56. The molecule has 3 rings (SSSR count). The zero-order chi connectivity index (χ0) is 15.6. The average molecular weight is 300 g/mol. The molecule has 2 aliphatic rings. The van der Waals surface area contributed by atoms with E-state index in [1.165, 1.54) is 5.56 Å². The molecule has 118 valence electrons. The first-order chi connectivity index (χ1) is 10.6. The molecule has 3 atom stereocenters. The summed E-state index contributed by atoms with van der Waals surface area (Å²) in [4.78, 5) is 24.5. The van der Waals surface area contributed by atoms with Crippen molar-refractivity contribution in [1.29, 1.82) is 0 Å². The van der Waals surface area contributed by atoms with Crippen molar-refractivity contribution in [2.45, 2.75) is 45.4 Å². The van der Waals surface area contributed by atoms with Crippen molar-refractivity contribution in [3.8, 4) is 0 Å². The van der Waals surface area contributed by atoms with Crippen molar-refractivity contribution in [3.63, 3.8) is 0 Å².